The first-order chi connectivity index (χ1) is 17.5. The van der Waals surface area contributed by atoms with Gasteiger partial charge in [0, 0.05) is 11.0 Å². The number of thioether (sulfide) groups is 2. The summed E-state index contributed by atoms with van der Waals surface area (Å²) in [5.41, 5.74) is -7.31. The van der Waals surface area contributed by atoms with Crippen LogP contribution >= 0.6 is 35.1 Å². The van der Waals surface area contributed by atoms with E-state index in [0.29, 0.717) is 36.0 Å². The Balaban J connectivity index is 2.23. The fraction of sp³-hybridized carbons (Fsp3) is 0.278. The minimum atomic E-state index is -6.63. The molecule has 0 fully saturated rings. The second-order valence-corrected chi connectivity index (χ2v) is 11.6. The van der Waals surface area contributed by atoms with Crippen molar-refractivity contribution in [3.05, 3.63) is 51.5 Å². The normalized spacial score (nSPS) is 13.3. The number of hydrogen-bond donors (Lipinski definition) is 1. The first-order valence-corrected chi connectivity index (χ1v) is 13.0. The van der Waals surface area contributed by atoms with Crippen LogP contribution in [0.3, 0.4) is 0 Å². The molecule has 0 aliphatic rings. The third-order valence-electron chi connectivity index (χ3n) is 4.28. The molecule has 0 saturated heterocycles. The Bertz CT molecular complexity index is 1380. The van der Waals surface area contributed by atoms with Gasteiger partial charge in [-0.2, -0.15) is 43.9 Å². The van der Waals surface area contributed by atoms with Crippen molar-refractivity contribution in [3.63, 3.8) is 0 Å². The maximum absolute atomic E-state index is 13.6. The minimum absolute atomic E-state index is 0.271. The summed E-state index contributed by atoms with van der Waals surface area (Å²) in [6.45, 7) is 0. The third kappa shape index (κ3) is 7.20. The summed E-state index contributed by atoms with van der Waals surface area (Å²) in [4.78, 5) is 19.6. The Morgan fingerprint density at radius 2 is 1.56 bits per heavy atom. The predicted molar refractivity (Wildman–Crippen MR) is 119 cm³/mol. The van der Waals surface area contributed by atoms with E-state index in [4.69, 9.17) is 11.6 Å². The lowest BCUT2D eigenvalue weighted by Crippen LogP contribution is -2.49. The van der Waals surface area contributed by atoms with Crippen molar-refractivity contribution < 1.29 is 62.0 Å². The van der Waals surface area contributed by atoms with E-state index >= 15 is 0 Å². The predicted octanol–water partition coefficient (Wildman–Crippen LogP) is 7.16. The van der Waals surface area contributed by atoms with E-state index in [9.17, 15) is 67.2 Å². The molecule has 0 atom stereocenters. The lowest BCUT2D eigenvalue weighted by atomic mass is 10.3. The molecular formula is C18H9ClF10N2O5S3. The lowest BCUT2D eigenvalue weighted by molar-refractivity contribution is -0.387. The zero-order valence-electron chi connectivity index (χ0n) is 18.0. The highest BCUT2D eigenvalue weighted by molar-refractivity contribution is 8.00. The first-order valence-electron chi connectivity index (χ1n) is 9.34. The van der Waals surface area contributed by atoms with Crippen LogP contribution in [0.5, 0.6) is 0 Å². The number of halogens is 11. The Morgan fingerprint density at radius 3 is 2.08 bits per heavy atom. The third-order valence-corrected chi connectivity index (χ3v) is 8.16. The van der Waals surface area contributed by atoms with Crippen LogP contribution < -0.4 is 5.32 Å². The Morgan fingerprint density at radius 1 is 0.974 bits per heavy atom. The molecule has 0 spiro atoms. The number of carbonyl (C=O) groups is 1. The molecule has 0 unspecified atom stereocenters. The number of nitro groups is 1. The van der Waals surface area contributed by atoms with Crippen molar-refractivity contribution in [2.24, 2.45) is 0 Å². The number of carbonyl (C=O) groups excluding carboxylic acids is 1. The Labute approximate surface area is 224 Å². The largest absolute Gasteiger partial charge is 0.501 e. The van der Waals surface area contributed by atoms with Crippen LogP contribution in [0.25, 0.3) is 0 Å². The number of hydrogen-bond acceptors (Lipinski definition) is 7. The van der Waals surface area contributed by atoms with E-state index in [1.165, 1.54) is 0 Å². The van der Waals surface area contributed by atoms with E-state index in [1.807, 2.05) is 5.32 Å². The molecule has 216 valence electrons. The molecule has 2 aromatic rings. The second kappa shape index (κ2) is 11.2. The SMILES string of the molecule is O=C(CSc1ccc(SC(F)(F)C(F)(F)C(F)(F)F)cc1[N+](=O)[O-])Nc1cc(S(=O)(=O)C(F)(F)F)ccc1Cl. The van der Waals surface area contributed by atoms with E-state index in [0.717, 1.165) is 6.07 Å². The highest BCUT2D eigenvalue weighted by Crippen LogP contribution is 2.54. The zero-order valence-corrected chi connectivity index (χ0v) is 21.2. The van der Waals surface area contributed by atoms with Gasteiger partial charge in [0.25, 0.3) is 15.5 Å². The van der Waals surface area contributed by atoms with Crippen molar-refractivity contribution in [3.8, 4) is 0 Å². The second-order valence-electron chi connectivity index (χ2n) is 7.01. The summed E-state index contributed by atoms with van der Waals surface area (Å²) in [6.07, 6.45) is -6.63. The highest BCUT2D eigenvalue weighted by Gasteiger charge is 2.73. The topological polar surface area (TPSA) is 106 Å². The van der Waals surface area contributed by atoms with Gasteiger partial charge in [-0.15, -0.1) is 11.8 Å². The first kappa shape index (κ1) is 32.8. The number of alkyl halides is 10. The number of rotatable bonds is 9. The van der Waals surface area contributed by atoms with E-state index in [-0.39, 0.29) is 6.07 Å². The average molecular weight is 655 g/mol. The fourth-order valence-corrected chi connectivity index (χ4v) is 5.04. The highest BCUT2D eigenvalue weighted by atomic mass is 35.5. The van der Waals surface area contributed by atoms with Crippen LogP contribution in [0, 0.1) is 10.1 Å². The number of nitrogens with zero attached hydrogens (tertiary/aromatic N) is 1. The molecule has 1 amide bonds. The number of amides is 1. The van der Waals surface area contributed by atoms with Gasteiger partial charge in [-0.3, -0.25) is 14.9 Å². The average Bonchev–Trinajstić information content (AvgIpc) is 2.77. The summed E-state index contributed by atoms with van der Waals surface area (Å²) in [7, 11) is -5.81. The lowest BCUT2D eigenvalue weighted by Gasteiger charge is -2.27. The summed E-state index contributed by atoms with van der Waals surface area (Å²) < 4.78 is 152. The molecule has 0 bridgehead atoms. The minimum Gasteiger partial charge on any atom is -0.324 e. The van der Waals surface area contributed by atoms with Crippen LogP contribution in [0.2, 0.25) is 5.02 Å². The van der Waals surface area contributed by atoms with Crippen LogP contribution in [0.4, 0.5) is 55.3 Å². The van der Waals surface area contributed by atoms with Crippen molar-refractivity contribution >= 4 is 62.2 Å². The van der Waals surface area contributed by atoms with Gasteiger partial charge < -0.3 is 5.32 Å². The molecule has 7 nitrogen and oxygen atoms in total. The van der Waals surface area contributed by atoms with Crippen molar-refractivity contribution in [2.75, 3.05) is 11.1 Å². The molecule has 0 aromatic heterocycles. The number of nitro benzene ring substituents is 1. The van der Waals surface area contributed by atoms with Gasteiger partial charge in [-0.25, -0.2) is 8.42 Å². The van der Waals surface area contributed by atoms with Crippen molar-refractivity contribution in [1.82, 2.24) is 0 Å². The maximum Gasteiger partial charge on any atom is 0.501 e. The summed E-state index contributed by atoms with van der Waals surface area (Å²) >= 11 is 4.80. The van der Waals surface area contributed by atoms with Crippen LogP contribution in [0.15, 0.2) is 51.1 Å². The molecule has 0 saturated carbocycles. The quantitative estimate of drug-likeness (QED) is 0.132. The van der Waals surface area contributed by atoms with Gasteiger partial charge in [0.15, 0.2) is 0 Å². The van der Waals surface area contributed by atoms with Gasteiger partial charge in [0.05, 0.1) is 31.2 Å². The van der Waals surface area contributed by atoms with Gasteiger partial charge in [-0.1, -0.05) is 11.6 Å². The van der Waals surface area contributed by atoms with Crippen molar-refractivity contribution in [2.45, 2.75) is 37.5 Å². The Kier molecular flexibility index (Phi) is 9.41. The molecule has 0 heterocycles. The molecule has 0 radical (unpaired) electrons. The van der Waals surface area contributed by atoms with Gasteiger partial charge >= 0.3 is 22.9 Å². The van der Waals surface area contributed by atoms with Gasteiger partial charge in [-0.05, 0) is 42.1 Å². The van der Waals surface area contributed by atoms with Crippen LogP contribution in [-0.2, 0) is 14.6 Å². The molecule has 21 heteroatoms. The molecular weight excluding hydrogens is 646 g/mol. The molecule has 2 aromatic carbocycles. The number of sulfone groups is 1. The van der Waals surface area contributed by atoms with Gasteiger partial charge in [0.2, 0.25) is 5.91 Å². The zero-order chi connectivity index (χ0) is 30.2. The number of nitrogens with one attached hydrogen (secondary N) is 1. The summed E-state index contributed by atoms with van der Waals surface area (Å²) in [5, 5.41) is 7.13. The standard InChI is InChI=1S/C18H9ClF10N2O5S3/c19-10-3-2-9(39(35,36)18(27,28)29)6-11(10)30-14(32)7-37-13-4-1-8(5-12(13)31(33)34)38-17(25,26)15(20,21)16(22,23)24/h1-6H,7H2,(H,30,32). The fourth-order valence-electron chi connectivity index (χ4n) is 2.43. The van der Waals surface area contributed by atoms with Crippen LogP contribution in [-0.4, -0.2) is 47.9 Å². The smallest absolute Gasteiger partial charge is 0.324 e. The molecule has 39 heavy (non-hydrogen) atoms. The summed E-state index contributed by atoms with van der Waals surface area (Å²) in [5.74, 6) is -8.34. The van der Waals surface area contributed by atoms with Crippen molar-refractivity contribution in [1.29, 1.82) is 0 Å². The van der Waals surface area contributed by atoms with E-state index in [1.54, 1.807) is 0 Å². The van der Waals surface area contributed by atoms with Gasteiger partial charge in [0.1, 0.15) is 0 Å². The number of benzene rings is 2. The monoisotopic (exact) mass is 654 g/mol. The molecule has 2 rings (SSSR count). The Hall–Kier alpha value is -2.45. The number of anilines is 1. The van der Waals surface area contributed by atoms with E-state index < -0.39 is 92.1 Å². The summed E-state index contributed by atoms with van der Waals surface area (Å²) in [6, 6.07) is 3.17. The molecule has 0 aliphatic carbocycles. The molecule has 0 aliphatic heterocycles. The van der Waals surface area contributed by atoms with E-state index in [2.05, 4.69) is 0 Å². The molecule has 1 N–H and O–H groups in total. The maximum atomic E-state index is 13.6. The van der Waals surface area contributed by atoms with Crippen LogP contribution in [0.1, 0.15) is 0 Å².